The average Bonchev–Trinajstić information content (AvgIpc) is 3.23. The fraction of sp³-hybridized carbons (Fsp3) is 0.278. The van der Waals surface area contributed by atoms with Gasteiger partial charge in [0.1, 0.15) is 0 Å². The number of carbonyl (C=O) groups is 1. The van der Waals surface area contributed by atoms with E-state index in [1.54, 1.807) is 11.8 Å². The van der Waals surface area contributed by atoms with Crippen LogP contribution in [0, 0.1) is 13.8 Å². The van der Waals surface area contributed by atoms with Crippen LogP contribution in [0.1, 0.15) is 24.0 Å². The van der Waals surface area contributed by atoms with Crippen molar-refractivity contribution in [2.24, 2.45) is 5.73 Å². The summed E-state index contributed by atoms with van der Waals surface area (Å²) in [6, 6.07) is 14.4. The maximum absolute atomic E-state index is 11.9. The summed E-state index contributed by atoms with van der Waals surface area (Å²) in [5, 5.41) is 2.88. The van der Waals surface area contributed by atoms with Gasteiger partial charge in [-0.2, -0.15) is 0 Å². The van der Waals surface area contributed by atoms with E-state index < -0.39 is 5.54 Å². The second-order valence-electron chi connectivity index (χ2n) is 6.01. The second-order valence-corrected chi connectivity index (χ2v) is 7.12. The predicted octanol–water partition coefficient (Wildman–Crippen LogP) is 3.88. The molecule has 4 heteroatoms. The molecule has 0 saturated heterocycles. The van der Waals surface area contributed by atoms with Gasteiger partial charge in [-0.1, -0.05) is 29.5 Å². The highest BCUT2D eigenvalue weighted by Crippen LogP contribution is 2.34. The van der Waals surface area contributed by atoms with Gasteiger partial charge in [0.05, 0.1) is 5.54 Å². The normalized spacial score (nSPS) is 15.4. The molecule has 0 radical (unpaired) electrons. The van der Waals surface area contributed by atoms with Crippen LogP contribution in [-0.2, 0) is 4.79 Å². The van der Waals surface area contributed by atoms with Crippen LogP contribution in [0.2, 0.25) is 0 Å². The van der Waals surface area contributed by atoms with E-state index in [1.165, 1.54) is 16.0 Å². The topological polar surface area (TPSA) is 55.1 Å². The Balaban J connectivity index is 1.67. The van der Waals surface area contributed by atoms with Crippen LogP contribution in [0.25, 0.3) is 0 Å². The standard InChI is InChI=1S/C18H20N2OS/c1-12-3-8-16(13(2)11-12)22-15-6-4-14(5-7-15)20-17(21)18(19)9-10-18/h3-8,11H,9-10,19H2,1-2H3,(H,20,21). The third-order valence-corrected chi connectivity index (χ3v) is 5.10. The van der Waals surface area contributed by atoms with E-state index in [9.17, 15) is 4.79 Å². The highest BCUT2D eigenvalue weighted by molar-refractivity contribution is 7.99. The highest BCUT2D eigenvalue weighted by Gasteiger charge is 2.45. The largest absolute Gasteiger partial charge is 0.324 e. The molecule has 0 unspecified atom stereocenters. The molecule has 3 rings (SSSR count). The summed E-state index contributed by atoms with van der Waals surface area (Å²) >= 11 is 1.73. The van der Waals surface area contributed by atoms with Crippen molar-refractivity contribution >= 4 is 23.4 Å². The molecule has 0 spiro atoms. The van der Waals surface area contributed by atoms with Crippen LogP contribution in [0.3, 0.4) is 0 Å². The van der Waals surface area contributed by atoms with E-state index in [1.807, 2.05) is 24.3 Å². The Hall–Kier alpha value is -1.78. The highest BCUT2D eigenvalue weighted by atomic mass is 32.2. The lowest BCUT2D eigenvalue weighted by molar-refractivity contribution is -0.118. The minimum atomic E-state index is -0.633. The number of nitrogens with one attached hydrogen (secondary N) is 1. The number of nitrogens with two attached hydrogens (primary N) is 1. The number of hydrogen-bond acceptors (Lipinski definition) is 3. The summed E-state index contributed by atoms with van der Waals surface area (Å²) in [5.74, 6) is -0.0812. The number of rotatable bonds is 4. The van der Waals surface area contributed by atoms with Crippen molar-refractivity contribution in [3.05, 3.63) is 53.6 Å². The molecule has 1 aliphatic rings. The smallest absolute Gasteiger partial charge is 0.244 e. The zero-order valence-corrected chi connectivity index (χ0v) is 13.7. The van der Waals surface area contributed by atoms with Gasteiger partial charge in [-0.15, -0.1) is 0 Å². The summed E-state index contributed by atoms with van der Waals surface area (Å²) in [6.07, 6.45) is 1.55. The van der Waals surface area contributed by atoms with E-state index in [4.69, 9.17) is 5.73 Å². The van der Waals surface area contributed by atoms with Gasteiger partial charge < -0.3 is 11.1 Å². The maximum atomic E-state index is 11.9. The van der Waals surface area contributed by atoms with Gasteiger partial charge in [-0.3, -0.25) is 4.79 Å². The lowest BCUT2D eigenvalue weighted by Crippen LogP contribution is -2.37. The number of aryl methyl sites for hydroxylation is 2. The lowest BCUT2D eigenvalue weighted by Gasteiger charge is -2.11. The van der Waals surface area contributed by atoms with Crippen molar-refractivity contribution in [2.45, 2.75) is 42.0 Å². The molecular weight excluding hydrogens is 292 g/mol. The predicted molar refractivity (Wildman–Crippen MR) is 91.3 cm³/mol. The van der Waals surface area contributed by atoms with E-state index in [2.05, 4.69) is 37.4 Å². The Bertz CT molecular complexity index is 706. The van der Waals surface area contributed by atoms with Crippen LogP contribution < -0.4 is 11.1 Å². The summed E-state index contributed by atoms with van der Waals surface area (Å²) < 4.78 is 0. The third-order valence-electron chi connectivity index (χ3n) is 3.91. The lowest BCUT2D eigenvalue weighted by atomic mass is 10.2. The van der Waals surface area contributed by atoms with Crippen LogP contribution >= 0.6 is 11.8 Å². The summed E-state index contributed by atoms with van der Waals surface area (Å²) in [4.78, 5) is 14.3. The molecule has 114 valence electrons. The maximum Gasteiger partial charge on any atom is 0.244 e. The van der Waals surface area contributed by atoms with Crippen molar-refractivity contribution < 1.29 is 4.79 Å². The monoisotopic (exact) mass is 312 g/mol. The second kappa shape index (κ2) is 5.78. The molecule has 2 aromatic rings. The van der Waals surface area contributed by atoms with Crippen LogP contribution in [0.5, 0.6) is 0 Å². The minimum Gasteiger partial charge on any atom is -0.324 e. The quantitative estimate of drug-likeness (QED) is 0.900. The zero-order valence-electron chi connectivity index (χ0n) is 12.8. The van der Waals surface area contributed by atoms with Crippen molar-refractivity contribution in [2.75, 3.05) is 5.32 Å². The van der Waals surface area contributed by atoms with Gasteiger partial charge in [0.25, 0.3) is 0 Å². The molecule has 0 bridgehead atoms. The number of hydrogen-bond donors (Lipinski definition) is 2. The first-order valence-electron chi connectivity index (χ1n) is 7.42. The third kappa shape index (κ3) is 3.34. The number of anilines is 1. The molecule has 1 fully saturated rings. The van der Waals surface area contributed by atoms with Crippen molar-refractivity contribution in [1.29, 1.82) is 0 Å². The molecule has 3 N–H and O–H groups in total. The molecule has 0 atom stereocenters. The Morgan fingerprint density at radius 2 is 1.82 bits per heavy atom. The molecule has 3 nitrogen and oxygen atoms in total. The van der Waals surface area contributed by atoms with Crippen molar-refractivity contribution in [1.82, 2.24) is 0 Å². The molecule has 22 heavy (non-hydrogen) atoms. The fourth-order valence-electron chi connectivity index (χ4n) is 2.26. The Morgan fingerprint density at radius 3 is 2.41 bits per heavy atom. The van der Waals surface area contributed by atoms with Crippen molar-refractivity contribution in [3.8, 4) is 0 Å². The van der Waals surface area contributed by atoms with E-state index in [0.29, 0.717) is 0 Å². The first-order valence-corrected chi connectivity index (χ1v) is 8.23. The molecule has 2 aromatic carbocycles. The number of benzene rings is 2. The van der Waals surface area contributed by atoms with Gasteiger partial charge in [-0.25, -0.2) is 0 Å². The van der Waals surface area contributed by atoms with E-state index >= 15 is 0 Å². The summed E-state index contributed by atoms with van der Waals surface area (Å²) in [7, 11) is 0. The summed E-state index contributed by atoms with van der Waals surface area (Å²) in [5.41, 5.74) is 8.60. The van der Waals surface area contributed by atoms with Crippen LogP contribution in [-0.4, -0.2) is 11.4 Å². The fourth-order valence-corrected chi connectivity index (χ4v) is 3.15. The van der Waals surface area contributed by atoms with E-state index in [-0.39, 0.29) is 5.91 Å². The molecule has 1 saturated carbocycles. The number of amides is 1. The van der Waals surface area contributed by atoms with E-state index in [0.717, 1.165) is 23.4 Å². The number of carbonyl (C=O) groups excluding carboxylic acids is 1. The van der Waals surface area contributed by atoms with Gasteiger partial charge >= 0.3 is 0 Å². The first-order chi connectivity index (χ1) is 10.5. The molecule has 0 aliphatic heterocycles. The summed E-state index contributed by atoms with van der Waals surface area (Å²) in [6.45, 7) is 4.23. The molecule has 0 heterocycles. The Labute approximate surface area is 135 Å². The SMILES string of the molecule is Cc1ccc(Sc2ccc(NC(=O)C3(N)CC3)cc2)c(C)c1. The first kappa shape index (κ1) is 15.1. The van der Waals surface area contributed by atoms with Gasteiger partial charge in [0, 0.05) is 15.5 Å². The van der Waals surface area contributed by atoms with Crippen molar-refractivity contribution in [3.63, 3.8) is 0 Å². The minimum absolute atomic E-state index is 0.0812. The molecular formula is C18H20N2OS. The average molecular weight is 312 g/mol. The molecule has 1 amide bonds. The van der Waals surface area contributed by atoms with Gasteiger partial charge in [0.15, 0.2) is 0 Å². The van der Waals surface area contributed by atoms with Gasteiger partial charge in [0.2, 0.25) is 5.91 Å². The Kier molecular flexibility index (Phi) is 3.98. The zero-order chi connectivity index (χ0) is 15.7. The van der Waals surface area contributed by atoms with Crippen LogP contribution in [0.4, 0.5) is 5.69 Å². The van der Waals surface area contributed by atoms with Gasteiger partial charge in [-0.05, 0) is 62.6 Å². The molecule has 0 aromatic heterocycles. The van der Waals surface area contributed by atoms with Crippen LogP contribution in [0.15, 0.2) is 52.3 Å². The Morgan fingerprint density at radius 1 is 1.14 bits per heavy atom. The molecule has 1 aliphatic carbocycles.